The number of anilines is 1. The van der Waals surface area contributed by atoms with Gasteiger partial charge in [0.15, 0.2) is 0 Å². The smallest absolute Gasteiger partial charge is 0.246 e. The molecule has 2 heterocycles. The van der Waals surface area contributed by atoms with Crippen LogP contribution >= 0.6 is 0 Å². The van der Waals surface area contributed by atoms with E-state index in [1.54, 1.807) is 23.6 Å². The van der Waals surface area contributed by atoms with Gasteiger partial charge in [-0.05, 0) is 24.8 Å². The van der Waals surface area contributed by atoms with E-state index in [-0.39, 0.29) is 4.90 Å². The van der Waals surface area contributed by atoms with Gasteiger partial charge in [-0.3, -0.25) is 4.98 Å². The van der Waals surface area contributed by atoms with E-state index in [2.05, 4.69) is 17.2 Å². The Hall–Kier alpha value is -1.14. The van der Waals surface area contributed by atoms with E-state index in [4.69, 9.17) is 0 Å². The zero-order valence-corrected chi connectivity index (χ0v) is 11.6. The van der Waals surface area contributed by atoms with Gasteiger partial charge < -0.3 is 5.32 Å². The molecule has 1 atom stereocenters. The first-order valence-electron chi connectivity index (χ1n) is 6.17. The molecule has 0 saturated carbocycles. The van der Waals surface area contributed by atoms with Crippen LogP contribution in [0.4, 0.5) is 5.69 Å². The summed E-state index contributed by atoms with van der Waals surface area (Å²) in [5.41, 5.74) is 0.600. The first-order chi connectivity index (χ1) is 8.55. The average Bonchev–Trinajstić information content (AvgIpc) is 2.38. The lowest BCUT2D eigenvalue weighted by molar-refractivity contribution is 0.281. The molecule has 1 fully saturated rings. The second-order valence-corrected chi connectivity index (χ2v) is 6.64. The van der Waals surface area contributed by atoms with Gasteiger partial charge in [0.25, 0.3) is 0 Å². The normalized spacial score (nSPS) is 21.8. The van der Waals surface area contributed by atoms with Crippen molar-refractivity contribution in [1.82, 2.24) is 9.29 Å². The van der Waals surface area contributed by atoms with E-state index in [1.165, 1.54) is 6.20 Å². The number of rotatable bonds is 3. The first-order valence-corrected chi connectivity index (χ1v) is 7.61. The van der Waals surface area contributed by atoms with Crippen molar-refractivity contribution < 1.29 is 8.42 Å². The van der Waals surface area contributed by atoms with Gasteiger partial charge in [-0.25, -0.2) is 8.42 Å². The number of nitrogens with one attached hydrogen (secondary N) is 1. The number of sulfonamides is 1. The highest BCUT2D eigenvalue weighted by atomic mass is 32.2. The van der Waals surface area contributed by atoms with Crippen LogP contribution in [0.5, 0.6) is 0 Å². The van der Waals surface area contributed by atoms with Crippen LogP contribution in [0.1, 0.15) is 19.8 Å². The fourth-order valence-electron chi connectivity index (χ4n) is 2.30. The van der Waals surface area contributed by atoms with Gasteiger partial charge >= 0.3 is 0 Å². The molecule has 0 radical (unpaired) electrons. The van der Waals surface area contributed by atoms with Crippen LogP contribution in [-0.2, 0) is 10.0 Å². The molecule has 1 unspecified atom stereocenters. The van der Waals surface area contributed by atoms with Crippen LogP contribution in [0.15, 0.2) is 23.4 Å². The van der Waals surface area contributed by atoms with Crippen molar-refractivity contribution in [2.24, 2.45) is 5.92 Å². The Bertz CT molecular complexity index is 516. The topological polar surface area (TPSA) is 62.3 Å². The van der Waals surface area contributed by atoms with E-state index >= 15 is 0 Å². The van der Waals surface area contributed by atoms with E-state index in [0.29, 0.717) is 24.7 Å². The second-order valence-electron chi connectivity index (χ2n) is 4.73. The Morgan fingerprint density at radius 1 is 1.50 bits per heavy atom. The monoisotopic (exact) mass is 269 g/mol. The Morgan fingerprint density at radius 2 is 2.28 bits per heavy atom. The Labute approximate surface area is 108 Å². The molecular weight excluding hydrogens is 250 g/mol. The van der Waals surface area contributed by atoms with Crippen molar-refractivity contribution in [2.45, 2.75) is 24.7 Å². The van der Waals surface area contributed by atoms with Crippen LogP contribution < -0.4 is 5.32 Å². The Morgan fingerprint density at radius 3 is 2.94 bits per heavy atom. The second kappa shape index (κ2) is 5.24. The highest BCUT2D eigenvalue weighted by Gasteiger charge is 2.30. The maximum absolute atomic E-state index is 12.6. The minimum absolute atomic E-state index is 0.265. The predicted octanol–water partition coefficient (Wildman–Crippen LogP) is 1.54. The third-order valence-corrected chi connectivity index (χ3v) is 5.18. The van der Waals surface area contributed by atoms with Crippen LogP contribution in [0.25, 0.3) is 0 Å². The Balaban J connectivity index is 2.35. The molecule has 6 heteroatoms. The van der Waals surface area contributed by atoms with Crippen molar-refractivity contribution in [3.05, 3.63) is 18.5 Å². The summed E-state index contributed by atoms with van der Waals surface area (Å²) in [5.74, 6) is 0.420. The van der Waals surface area contributed by atoms with Crippen molar-refractivity contribution in [1.29, 1.82) is 0 Å². The summed E-state index contributed by atoms with van der Waals surface area (Å²) in [5, 5.41) is 2.91. The van der Waals surface area contributed by atoms with E-state index in [0.717, 1.165) is 12.8 Å². The summed E-state index contributed by atoms with van der Waals surface area (Å²) in [6.45, 7) is 3.29. The third kappa shape index (κ3) is 2.49. The zero-order valence-electron chi connectivity index (χ0n) is 10.8. The highest BCUT2D eigenvalue weighted by Crippen LogP contribution is 2.27. The number of hydrogen-bond acceptors (Lipinski definition) is 4. The quantitative estimate of drug-likeness (QED) is 0.904. The number of hydrogen-bond donors (Lipinski definition) is 1. The molecule has 0 bridgehead atoms. The lowest BCUT2D eigenvalue weighted by Gasteiger charge is -2.30. The van der Waals surface area contributed by atoms with Crippen LogP contribution in [0, 0.1) is 5.92 Å². The minimum Gasteiger partial charge on any atom is -0.387 e. The lowest BCUT2D eigenvalue weighted by Crippen LogP contribution is -2.39. The molecular formula is C12H19N3O2S. The lowest BCUT2D eigenvalue weighted by atomic mass is 10.0. The summed E-state index contributed by atoms with van der Waals surface area (Å²) in [7, 11) is -1.71. The van der Waals surface area contributed by atoms with Crippen molar-refractivity contribution in [3.8, 4) is 0 Å². The molecule has 100 valence electrons. The van der Waals surface area contributed by atoms with Crippen molar-refractivity contribution in [3.63, 3.8) is 0 Å². The fraction of sp³-hybridized carbons (Fsp3) is 0.583. The molecule has 0 amide bonds. The molecule has 0 aliphatic carbocycles. The van der Waals surface area contributed by atoms with Gasteiger partial charge in [0.1, 0.15) is 4.90 Å². The van der Waals surface area contributed by atoms with Gasteiger partial charge in [-0.1, -0.05) is 6.92 Å². The molecule has 1 saturated heterocycles. The van der Waals surface area contributed by atoms with E-state index in [1.807, 2.05) is 0 Å². The minimum atomic E-state index is -3.43. The number of aromatic nitrogens is 1. The molecule has 2 rings (SSSR count). The van der Waals surface area contributed by atoms with Gasteiger partial charge in [0.2, 0.25) is 10.0 Å². The Kier molecular flexibility index (Phi) is 3.87. The molecule has 1 aliphatic rings. The summed E-state index contributed by atoms with van der Waals surface area (Å²) in [6, 6.07) is 1.68. The number of piperidine rings is 1. The van der Waals surface area contributed by atoms with Gasteiger partial charge in [0, 0.05) is 32.5 Å². The summed E-state index contributed by atoms with van der Waals surface area (Å²) in [6.07, 6.45) is 5.03. The molecule has 18 heavy (non-hydrogen) atoms. The maximum Gasteiger partial charge on any atom is 0.246 e. The van der Waals surface area contributed by atoms with Crippen LogP contribution in [-0.4, -0.2) is 37.8 Å². The first kappa shape index (κ1) is 13.3. The van der Waals surface area contributed by atoms with Crippen molar-refractivity contribution >= 4 is 15.7 Å². The SMILES string of the molecule is CNc1ccncc1S(=O)(=O)N1CCCC(C)C1. The number of nitrogens with zero attached hydrogens (tertiary/aromatic N) is 2. The zero-order chi connectivity index (χ0) is 13.2. The third-order valence-electron chi connectivity index (χ3n) is 3.29. The fourth-order valence-corrected chi connectivity index (χ4v) is 4.04. The predicted molar refractivity (Wildman–Crippen MR) is 70.9 cm³/mol. The van der Waals surface area contributed by atoms with Crippen molar-refractivity contribution in [2.75, 3.05) is 25.5 Å². The standard InChI is InChI=1S/C12H19N3O2S/c1-10-4-3-7-15(9-10)18(16,17)12-8-14-6-5-11(12)13-2/h5-6,8,10H,3-4,7,9H2,1-2H3,(H,13,14). The van der Waals surface area contributed by atoms with Gasteiger partial charge in [0.05, 0.1) is 5.69 Å². The summed E-state index contributed by atoms with van der Waals surface area (Å²) < 4.78 is 26.7. The van der Waals surface area contributed by atoms with Gasteiger partial charge in [-0.15, -0.1) is 0 Å². The molecule has 1 aliphatic heterocycles. The van der Waals surface area contributed by atoms with Crippen LogP contribution in [0.2, 0.25) is 0 Å². The molecule has 1 aromatic heterocycles. The molecule has 0 spiro atoms. The van der Waals surface area contributed by atoms with E-state index < -0.39 is 10.0 Å². The molecule has 1 aromatic rings. The van der Waals surface area contributed by atoms with E-state index in [9.17, 15) is 8.42 Å². The summed E-state index contributed by atoms with van der Waals surface area (Å²) in [4.78, 5) is 4.19. The summed E-state index contributed by atoms with van der Waals surface area (Å²) >= 11 is 0. The average molecular weight is 269 g/mol. The highest BCUT2D eigenvalue weighted by molar-refractivity contribution is 7.89. The molecule has 0 aromatic carbocycles. The van der Waals surface area contributed by atoms with Crippen LogP contribution in [0.3, 0.4) is 0 Å². The maximum atomic E-state index is 12.6. The molecule has 5 nitrogen and oxygen atoms in total. The molecule has 1 N–H and O–H groups in total. The largest absolute Gasteiger partial charge is 0.387 e. The van der Waals surface area contributed by atoms with Gasteiger partial charge in [-0.2, -0.15) is 4.31 Å². The number of pyridine rings is 1.